The molecule has 0 saturated heterocycles. The summed E-state index contributed by atoms with van der Waals surface area (Å²) in [5.41, 5.74) is 6.06. The van der Waals surface area contributed by atoms with Gasteiger partial charge >= 0.3 is 0 Å². The van der Waals surface area contributed by atoms with Gasteiger partial charge in [0.2, 0.25) is 5.91 Å². The molecule has 3 rings (SSSR count). The van der Waals surface area contributed by atoms with Crippen molar-refractivity contribution in [2.45, 2.75) is 31.2 Å². The van der Waals surface area contributed by atoms with E-state index in [9.17, 15) is 4.79 Å². The molecule has 6 heteroatoms. The number of nitrogens with one attached hydrogen (secondary N) is 1. The van der Waals surface area contributed by atoms with E-state index in [0.717, 1.165) is 31.5 Å². The summed E-state index contributed by atoms with van der Waals surface area (Å²) in [7, 11) is 0. The third-order valence-electron chi connectivity index (χ3n) is 3.72. The number of aromatic nitrogens is 3. The number of pyridine rings is 1. The van der Waals surface area contributed by atoms with Gasteiger partial charge < -0.3 is 11.1 Å². The number of rotatable bonds is 3. The van der Waals surface area contributed by atoms with Crippen molar-refractivity contribution in [2.75, 3.05) is 5.32 Å². The molecule has 20 heavy (non-hydrogen) atoms. The summed E-state index contributed by atoms with van der Waals surface area (Å²) < 4.78 is 1.80. The summed E-state index contributed by atoms with van der Waals surface area (Å²) in [6.07, 6.45) is 10.3. The highest BCUT2D eigenvalue weighted by atomic mass is 16.2. The SMILES string of the molecule is NC1(C(=O)Nc2ccc(-n3ccnc3)nc2)CCCC1. The quantitative estimate of drug-likeness (QED) is 0.885. The van der Waals surface area contributed by atoms with Gasteiger partial charge in [-0.3, -0.25) is 9.36 Å². The fourth-order valence-electron chi connectivity index (χ4n) is 2.50. The zero-order valence-electron chi connectivity index (χ0n) is 11.1. The topological polar surface area (TPSA) is 85.8 Å². The van der Waals surface area contributed by atoms with Gasteiger partial charge in [0.05, 0.1) is 17.4 Å². The predicted octanol–water partition coefficient (Wildman–Crippen LogP) is 1.48. The second-order valence-electron chi connectivity index (χ2n) is 5.19. The van der Waals surface area contributed by atoms with Crippen LogP contribution in [-0.4, -0.2) is 26.0 Å². The normalized spacial score (nSPS) is 17.1. The summed E-state index contributed by atoms with van der Waals surface area (Å²) in [6.45, 7) is 0. The van der Waals surface area contributed by atoms with E-state index in [1.165, 1.54) is 0 Å². The van der Waals surface area contributed by atoms with Crippen LogP contribution in [0.2, 0.25) is 0 Å². The molecule has 0 unspecified atom stereocenters. The second-order valence-corrected chi connectivity index (χ2v) is 5.19. The van der Waals surface area contributed by atoms with E-state index in [2.05, 4.69) is 15.3 Å². The van der Waals surface area contributed by atoms with Crippen LogP contribution in [0.25, 0.3) is 5.82 Å². The molecule has 0 radical (unpaired) electrons. The number of nitrogens with two attached hydrogens (primary N) is 1. The highest BCUT2D eigenvalue weighted by Gasteiger charge is 2.36. The zero-order chi connectivity index (χ0) is 14.0. The van der Waals surface area contributed by atoms with Crippen LogP contribution in [0.15, 0.2) is 37.1 Å². The average Bonchev–Trinajstić information content (AvgIpc) is 3.11. The summed E-state index contributed by atoms with van der Waals surface area (Å²) in [6, 6.07) is 3.65. The molecule has 1 aliphatic rings. The van der Waals surface area contributed by atoms with Crippen LogP contribution >= 0.6 is 0 Å². The number of imidazole rings is 1. The lowest BCUT2D eigenvalue weighted by molar-refractivity contribution is -0.121. The highest BCUT2D eigenvalue weighted by molar-refractivity contribution is 5.98. The maximum atomic E-state index is 12.2. The first kappa shape index (κ1) is 12.8. The molecule has 1 aliphatic carbocycles. The third kappa shape index (κ3) is 2.42. The summed E-state index contributed by atoms with van der Waals surface area (Å²) in [5.74, 6) is 0.635. The maximum absolute atomic E-state index is 12.2. The van der Waals surface area contributed by atoms with Gasteiger partial charge in [0.1, 0.15) is 12.1 Å². The summed E-state index contributed by atoms with van der Waals surface area (Å²) in [4.78, 5) is 20.4. The zero-order valence-corrected chi connectivity index (χ0v) is 11.1. The lowest BCUT2D eigenvalue weighted by atomic mass is 9.98. The van der Waals surface area contributed by atoms with E-state index in [4.69, 9.17) is 5.73 Å². The number of carbonyl (C=O) groups excluding carboxylic acids is 1. The van der Waals surface area contributed by atoms with Gasteiger partial charge in [0, 0.05) is 12.4 Å². The Kier molecular flexibility index (Phi) is 3.23. The molecular weight excluding hydrogens is 254 g/mol. The molecule has 0 spiro atoms. The Balaban J connectivity index is 1.71. The molecule has 1 amide bonds. The molecule has 3 N–H and O–H groups in total. The fraction of sp³-hybridized carbons (Fsp3) is 0.357. The lowest BCUT2D eigenvalue weighted by Gasteiger charge is -2.22. The molecule has 2 aromatic heterocycles. The third-order valence-corrected chi connectivity index (χ3v) is 3.72. The van der Waals surface area contributed by atoms with Crippen molar-refractivity contribution >= 4 is 11.6 Å². The Morgan fingerprint density at radius 2 is 2.15 bits per heavy atom. The van der Waals surface area contributed by atoms with Crippen LogP contribution < -0.4 is 11.1 Å². The van der Waals surface area contributed by atoms with E-state index in [1.54, 1.807) is 23.3 Å². The Morgan fingerprint density at radius 1 is 1.35 bits per heavy atom. The number of hydrogen-bond acceptors (Lipinski definition) is 4. The van der Waals surface area contributed by atoms with Crippen molar-refractivity contribution in [1.29, 1.82) is 0 Å². The van der Waals surface area contributed by atoms with E-state index in [1.807, 2.05) is 18.3 Å². The van der Waals surface area contributed by atoms with Crippen LogP contribution in [0.5, 0.6) is 0 Å². The Labute approximate surface area is 117 Å². The van der Waals surface area contributed by atoms with Crippen molar-refractivity contribution in [3.63, 3.8) is 0 Å². The van der Waals surface area contributed by atoms with Gasteiger partial charge in [-0.1, -0.05) is 12.8 Å². The summed E-state index contributed by atoms with van der Waals surface area (Å²) >= 11 is 0. The molecule has 1 fully saturated rings. The largest absolute Gasteiger partial charge is 0.323 e. The van der Waals surface area contributed by atoms with Crippen LogP contribution in [0.1, 0.15) is 25.7 Å². The first-order valence-electron chi connectivity index (χ1n) is 6.72. The Morgan fingerprint density at radius 3 is 2.75 bits per heavy atom. The number of carbonyl (C=O) groups is 1. The lowest BCUT2D eigenvalue weighted by Crippen LogP contribution is -2.48. The molecular formula is C14H17N5O. The number of nitrogens with zero attached hydrogens (tertiary/aromatic N) is 3. The van der Waals surface area contributed by atoms with E-state index < -0.39 is 5.54 Å². The number of hydrogen-bond donors (Lipinski definition) is 2. The molecule has 2 heterocycles. The van der Waals surface area contributed by atoms with Crippen molar-refractivity contribution in [3.05, 3.63) is 37.1 Å². The molecule has 104 valence electrons. The standard InChI is InChI=1S/C14H17N5O/c15-14(5-1-2-6-14)13(20)18-11-3-4-12(17-9-11)19-8-7-16-10-19/h3-4,7-10H,1-2,5-6,15H2,(H,18,20). The van der Waals surface area contributed by atoms with Crippen LogP contribution in [0.3, 0.4) is 0 Å². The first-order valence-corrected chi connectivity index (χ1v) is 6.72. The van der Waals surface area contributed by atoms with Gasteiger partial charge in [-0.15, -0.1) is 0 Å². The van der Waals surface area contributed by atoms with Crippen molar-refractivity contribution in [2.24, 2.45) is 5.73 Å². The Bertz CT molecular complexity index is 585. The Hall–Kier alpha value is -2.21. The molecule has 0 atom stereocenters. The first-order chi connectivity index (χ1) is 9.67. The second kappa shape index (κ2) is 5.05. The maximum Gasteiger partial charge on any atom is 0.244 e. The van der Waals surface area contributed by atoms with Gasteiger partial charge in [-0.25, -0.2) is 9.97 Å². The van der Waals surface area contributed by atoms with Gasteiger partial charge in [0.25, 0.3) is 0 Å². The molecule has 1 saturated carbocycles. The van der Waals surface area contributed by atoms with E-state index in [0.29, 0.717) is 5.69 Å². The van der Waals surface area contributed by atoms with Crippen LogP contribution in [0, 0.1) is 0 Å². The van der Waals surface area contributed by atoms with Crippen LogP contribution in [0.4, 0.5) is 5.69 Å². The minimum absolute atomic E-state index is 0.118. The van der Waals surface area contributed by atoms with Crippen molar-refractivity contribution in [3.8, 4) is 5.82 Å². The molecule has 0 bridgehead atoms. The average molecular weight is 271 g/mol. The predicted molar refractivity (Wildman–Crippen MR) is 75.4 cm³/mol. The van der Waals surface area contributed by atoms with E-state index >= 15 is 0 Å². The fourth-order valence-corrected chi connectivity index (χ4v) is 2.50. The van der Waals surface area contributed by atoms with Gasteiger partial charge in [0.15, 0.2) is 0 Å². The molecule has 6 nitrogen and oxygen atoms in total. The van der Waals surface area contributed by atoms with Crippen molar-refractivity contribution < 1.29 is 4.79 Å². The van der Waals surface area contributed by atoms with Gasteiger partial charge in [-0.05, 0) is 25.0 Å². The number of amides is 1. The minimum Gasteiger partial charge on any atom is -0.323 e. The van der Waals surface area contributed by atoms with Crippen LogP contribution in [-0.2, 0) is 4.79 Å². The number of anilines is 1. The van der Waals surface area contributed by atoms with Crippen molar-refractivity contribution in [1.82, 2.24) is 14.5 Å². The monoisotopic (exact) mass is 271 g/mol. The smallest absolute Gasteiger partial charge is 0.244 e. The molecule has 2 aromatic rings. The van der Waals surface area contributed by atoms with Gasteiger partial charge in [-0.2, -0.15) is 0 Å². The molecule has 0 aliphatic heterocycles. The minimum atomic E-state index is -0.719. The van der Waals surface area contributed by atoms with E-state index in [-0.39, 0.29) is 5.91 Å². The summed E-state index contributed by atoms with van der Waals surface area (Å²) in [5, 5.41) is 2.85. The highest BCUT2D eigenvalue weighted by Crippen LogP contribution is 2.28. The molecule has 0 aromatic carbocycles.